The molecule has 2 aliphatic rings. The van der Waals surface area contributed by atoms with E-state index in [-0.39, 0.29) is 0 Å². The molecular weight excluding hydrogens is 234 g/mol. The highest BCUT2D eigenvalue weighted by molar-refractivity contribution is 6.27. The fraction of sp³-hybridized carbons (Fsp3) is 0.846. The van der Waals surface area contributed by atoms with Crippen molar-refractivity contribution in [1.29, 1.82) is 0 Å². The van der Waals surface area contributed by atoms with Gasteiger partial charge in [0.15, 0.2) is 0 Å². The van der Waals surface area contributed by atoms with E-state index >= 15 is 0 Å². The highest BCUT2D eigenvalue weighted by Gasteiger charge is 2.24. The Bertz CT molecular complexity index is 240. The number of nitrogens with one attached hydrogen (secondary N) is 1. The molecule has 1 atom stereocenters. The third-order valence-corrected chi connectivity index (χ3v) is 3.75. The summed E-state index contributed by atoms with van der Waals surface area (Å²) < 4.78 is 0. The van der Waals surface area contributed by atoms with E-state index in [2.05, 4.69) is 5.32 Å². The second-order valence-corrected chi connectivity index (χ2v) is 5.06. The number of piperidine rings is 1. The van der Waals surface area contributed by atoms with Gasteiger partial charge in [0.25, 0.3) is 0 Å². The maximum Gasteiger partial charge on any atom is 0.414 e. The highest BCUT2D eigenvalue weighted by Crippen LogP contribution is 2.29. The summed E-state index contributed by atoms with van der Waals surface area (Å²) in [7, 11) is 0. The lowest BCUT2D eigenvalue weighted by Gasteiger charge is -2.33. The van der Waals surface area contributed by atoms with Crippen LogP contribution < -0.4 is 5.32 Å². The van der Waals surface area contributed by atoms with Gasteiger partial charge in [-0.1, -0.05) is 25.7 Å². The van der Waals surface area contributed by atoms with Gasteiger partial charge in [0.05, 0.1) is 0 Å². The van der Waals surface area contributed by atoms with Crippen LogP contribution in [0.4, 0.5) is 0 Å². The van der Waals surface area contributed by atoms with E-state index in [9.17, 15) is 0 Å². The summed E-state index contributed by atoms with van der Waals surface area (Å²) in [5.41, 5.74) is 0. The largest absolute Gasteiger partial charge is 0.473 e. The molecule has 1 aliphatic heterocycles. The molecule has 1 saturated heterocycles. The molecule has 1 unspecified atom stereocenters. The van der Waals surface area contributed by atoms with E-state index in [0.29, 0.717) is 0 Å². The molecular formula is C13H23NO4. The predicted octanol–water partition coefficient (Wildman–Crippen LogP) is 1.86. The van der Waals surface area contributed by atoms with Crippen LogP contribution in [0.5, 0.6) is 0 Å². The molecule has 0 radical (unpaired) electrons. The molecule has 0 bridgehead atoms. The maximum absolute atomic E-state index is 9.10. The van der Waals surface area contributed by atoms with Crippen LogP contribution in [0.1, 0.15) is 51.4 Å². The van der Waals surface area contributed by atoms with Crippen molar-refractivity contribution in [3.8, 4) is 0 Å². The van der Waals surface area contributed by atoms with Crippen molar-refractivity contribution in [2.75, 3.05) is 6.54 Å². The van der Waals surface area contributed by atoms with Gasteiger partial charge in [0.1, 0.15) is 0 Å². The third kappa shape index (κ3) is 5.49. The van der Waals surface area contributed by atoms with E-state index in [1.165, 1.54) is 57.9 Å². The first kappa shape index (κ1) is 15.0. The van der Waals surface area contributed by atoms with E-state index in [1.807, 2.05) is 0 Å². The Kier molecular flexibility index (Phi) is 6.72. The van der Waals surface area contributed by atoms with Gasteiger partial charge in [-0.05, 0) is 38.1 Å². The van der Waals surface area contributed by atoms with Gasteiger partial charge in [-0.2, -0.15) is 0 Å². The molecule has 2 rings (SSSR count). The Labute approximate surface area is 108 Å². The molecule has 104 valence electrons. The zero-order valence-electron chi connectivity index (χ0n) is 10.7. The Balaban J connectivity index is 0.000000232. The van der Waals surface area contributed by atoms with Crippen molar-refractivity contribution in [3.63, 3.8) is 0 Å². The van der Waals surface area contributed by atoms with E-state index in [0.717, 1.165) is 12.0 Å². The van der Waals surface area contributed by atoms with Crippen LogP contribution in [0.25, 0.3) is 0 Å². The topological polar surface area (TPSA) is 86.6 Å². The van der Waals surface area contributed by atoms with E-state index in [4.69, 9.17) is 19.8 Å². The van der Waals surface area contributed by atoms with Gasteiger partial charge in [-0.15, -0.1) is 0 Å². The second kappa shape index (κ2) is 8.08. The SMILES string of the molecule is C1CCC(C2CCCCN2)CC1.O=C(O)C(=O)O. The first-order chi connectivity index (χ1) is 8.61. The molecule has 1 aliphatic carbocycles. The standard InChI is InChI=1S/C11H21N.C2H2O4/c1-2-6-10(7-3-1)11-8-4-5-9-12-11;3-1(4)2(5)6/h10-12H,1-9H2;(H,3,4)(H,5,6). The van der Waals surface area contributed by atoms with Crippen LogP contribution in [0, 0.1) is 5.92 Å². The smallest absolute Gasteiger partial charge is 0.414 e. The molecule has 0 aromatic heterocycles. The van der Waals surface area contributed by atoms with Crippen LogP contribution in [0.2, 0.25) is 0 Å². The Morgan fingerprint density at radius 3 is 1.83 bits per heavy atom. The number of carboxylic acids is 2. The van der Waals surface area contributed by atoms with E-state index in [1.54, 1.807) is 0 Å². The average Bonchev–Trinajstić information content (AvgIpc) is 2.41. The zero-order valence-corrected chi connectivity index (χ0v) is 10.7. The lowest BCUT2D eigenvalue weighted by atomic mass is 9.81. The minimum atomic E-state index is -1.82. The number of rotatable bonds is 1. The predicted molar refractivity (Wildman–Crippen MR) is 67.5 cm³/mol. The van der Waals surface area contributed by atoms with Crippen molar-refractivity contribution >= 4 is 11.9 Å². The molecule has 1 saturated carbocycles. The summed E-state index contributed by atoms with van der Waals surface area (Å²) in [6.45, 7) is 1.28. The second-order valence-electron chi connectivity index (χ2n) is 5.06. The molecule has 5 heteroatoms. The monoisotopic (exact) mass is 257 g/mol. The molecule has 2 fully saturated rings. The summed E-state index contributed by atoms with van der Waals surface area (Å²) in [6, 6.07) is 0.888. The maximum atomic E-state index is 9.10. The summed E-state index contributed by atoms with van der Waals surface area (Å²) in [5, 5.41) is 18.5. The van der Waals surface area contributed by atoms with Crippen molar-refractivity contribution in [1.82, 2.24) is 5.32 Å². The number of carbonyl (C=O) groups is 2. The summed E-state index contributed by atoms with van der Waals surface area (Å²) >= 11 is 0. The fourth-order valence-corrected chi connectivity index (χ4v) is 2.82. The summed E-state index contributed by atoms with van der Waals surface area (Å²) in [5.74, 6) is -2.62. The number of hydrogen-bond acceptors (Lipinski definition) is 3. The summed E-state index contributed by atoms with van der Waals surface area (Å²) in [6.07, 6.45) is 11.8. The minimum Gasteiger partial charge on any atom is -0.473 e. The van der Waals surface area contributed by atoms with Crippen LogP contribution >= 0.6 is 0 Å². The molecule has 0 aromatic carbocycles. The number of hydrogen-bond donors (Lipinski definition) is 3. The number of aliphatic carboxylic acids is 2. The Morgan fingerprint density at radius 2 is 1.39 bits per heavy atom. The highest BCUT2D eigenvalue weighted by atomic mass is 16.4. The van der Waals surface area contributed by atoms with Crippen LogP contribution in [0.15, 0.2) is 0 Å². The van der Waals surface area contributed by atoms with Crippen molar-refractivity contribution in [2.45, 2.75) is 57.4 Å². The summed E-state index contributed by atoms with van der Waals surface area (Å²) in [4.78, 5) is 18.2. The van der Waals surface area contributed by atoms with Crippen LogP contribution in [0.3, 0.4) is 0 Å². The molecule has 3 N–H and O–H groups in total. The Hall–Kier alpha value is -1.10. The van der Waals surface area contributed by atoms with Crippen LogP contribution in [-0.2, 0) is 9.59 Å². The van der Waals surface area contributed by atoms with Crippen molar-refractivity contribution in [3.05, 3.63) is 0 Å². The molecule has 5 nitrogen and oxygen atoms in total. The van der Waals surface area contributed by atoms with Gasteiger partial charge < -0.3 is 15.5 Å². The van der Waals surface area contributed by atoms with Gasteiger partial charge in [0.2, 0.25) is 0 Å². The average molecular weight is 257 g/mol. The van der Waals surface area contributed by atoms with Gasteiger partial charge in [-0.3, -0.25) is 0 Å². The van der Waals surface area contributed by atoms with Crippen molar-refractivity contribution < 1.29 is 19.8 Å². The van der Waals surface area contributed by atoms with Gasteiger partial charge in [0, 0.05) is 6.04 Å². The lowest BCUT2D eigenvalue weighted by molar-refractivity contribution is -0.159. The Morgan fingerprint density at radius 1 is 0.833 bits per heavy atom. The molecule has 18 heavy (non-hydrogen) atoms. The molecule has 0 amide bonds. The normalized spacial score (nSPS) is 24.8. The van der Waals surface area contributed by atoms with Crippen molar-refractivity contribution in [2.24, 2.45) is 5.92 Å². The van der Waals surface area contributed by atoms with Gasteiger partial charge >= 0.3 is 11.9 Å². The molecule has 0 aromatic rings. The zero-order chi connectivity index (χ0) is 13.4. The van der Waals surface area contributed by atoms with Gasteiger partial charge in [-0.25, -0.2) is 9.59 Å². The molecule has 0 spiro atoms. The van der Waals surface area contributed by atoms with E-state index < -0.39 is 11.9 Å². The number of carboxylic acid groups (broad SMARTS) is 2. The third-order valence-electron chi connectivity index (χ3n) is 3.75. The lowest BCUT2D eigenvalue weighted by Crippen LogP contribution is -2.40. The minimum absolute atomic E-state index is 0.888. The first-order valence-electron chi connectivity index (χ1n) is 6.81. The molecule has 1 heterocycles. The van der Waals surface area contributed by atoms with Crippen LogP contribution in [-0.4, -0.2) is 34.7 Å². The first-order valence-corrected chi connectivity index (χ1v) is 6.81. The quantitative estimate of drug-likeness (QED) is 0.624. The fourth-order valence-electron chi connectivity index (χ4n) is 2.82.